The van der Waals surface area contributed by atoms with Crippen molar-refractivity contribution in [1.29, 1.82) is 0 Å². The Kier molecular flexibility index (Phi) is 8.00. The second kappa shape index (κ2) is 11.3. The van der Waals surface area contributed by atoms with Crippen LogP contribution >= 0.6 is 15.9 Å². The third-order valence-corrected chi connectivity index (χ3v) is 6.30. The molecule has 3 aromatic rings. The predicted molar refractivity (Wildman–Crippen MR) is 140 cm³/mol. The second-order valence-electron chi connectivity index (χ2n) is 8.22. The van der Waals surface area contributed by atoms with E-state index in [-0.39, 0.29) is 13.0 Å². The predicted octanol–water partition coefficient (Wildman–Crippen LogP) is 5.06. The molecule has 1 amide bonds. The summed E-state index contributed by atoms with van der Waals surface area (Å²) >= 11 is 3.46. The van der Waals surface area contributed by atoms with Crippen LogP contribution in [0.15, 0.2) is 94.4 Å². The molecule has 7 heteroatoms. The normalized spacial score (nSPS) is 19.4. The molecule has 0 radical (unpaired) electrons. The number of hydrogen-bond donors (Lipinski definition) is 2. The number of halogens is 1. The van der Waals surface area contributed by atoms with Gasteiger partial charge in [-0.15, -0.1) is 0 Å². The van der Waals surface area contributed by atoms with E-state index in [1.54, 1.807) is 0 Å². The van der Waals surface area contributed by atoms with Gasteiger partial charge in [0.1, 0.15) is 5.75 Å². The monoisotopic (exact) mass is 534 g/mol. The molecule has 4 rings (SSSR count). The van der Waals surface area contributed by atoms with Crippen LogP contribution in [0.3, 0.4) is 0 Å². The third-order valence-electron chi connectivity index (χ3n) is 5.78. The van der Waals surface area contributed by atoms with Gasteiger partial charge in [-0.3, -0.25) is 4.79 Å². The first-order valence-corrected chi connectivity index (χ1v) is 12.2. The average Bonchev–Trinajstić information content (AvgIpc) is 3.27. The second-order valence-corrected chi connectivity index (χ2v) is 9.14. The average molecular weight is 535 g/mol. The number of nitrogens with zero attached hydrogens (tertiary/aromatic N) is 1. The summed E-state index contributed by atoms with van der Waals surface area (Å²) in [6, 6.07) is 24.8. The largest absolute Gasteiger partial charge is 0.494 e. The Labute approximate surface area is 213 Å². The summed E-state index contributed by atoms with van der Waals surface area (Å²) in [7, 11) is 0. The fourth-order valence-electron chi connectivity index (χ4n) is 3.91. The number of rotatable bonds is 10. The zero-order valence-electron chi connectivity index (χ0n) is 19.1. The lowest BCUT2D eigenvalue weighted by Gasteiger charge is -2.27. The van der Waals surface area contributed by atoms with E-state index < -0.39 is 17.6 Å². The molecule has 1 heterocycles. The summed E-state index contributed by atoms with van der Waals surface area (Å²) in [6.07, 6.45) is 4.03. The maximum absolute atomic E-state index is 12.9. The first-order valence-electron chi connectivity index (χ1n) is 11.4. The molecule has 0 saturated heterocycles. The van der Waals surface area contributed by atoms with Crippen LogP contribution in [0.5, 0.6) is 5.75 Å². The number of aliphatic imine (C=N–C) groups is 1. The van der Waals surface area contributed by atoms with E-state index in [0.717, 1.165) is 21.2 Å². The molecule has 3 aromatic carbocycles. The number of ether oxygens (including phenoxy) is 2. The molecule has 2 atom stereocenters. The van der Waals surface area contributed by atoms with Crippen molar-refractivity contribution in [3.63, 3.8) is 0 Å². The van der Waals surface area contributed by atoms with Gasteiger partial charge < -0.3 is 20.3 Å². The van der Waals surface area contributed by atoms with Crippen molar-refractivity contribution in [1.82, 2.24) is 0 Å². The quantitative estimate of drug-likeness (QED) is 0.355. The van der Waals surface area contributed by atoms with Gasteiger partial charge in [-0.2, -0.15) is 0 Å². The Hall–Kier alpha value is -3.42. The maximum atomic E-state index is 12.9. The Morgan fingerprint density at radius 1 is 1.09 bits per heavy atom. The van der Waals surface area contributed by atoms with Crippen molar-refractivity contribution in [2.75, 3.05) is 13.2 Å². The number of nitrogens with two attached hydrogens (primary N) is 1. The minimum absolute atomic E-state index is 0.0775. The van der Waals surface area contributed by atoms with Crippen molar-refractivity contribution >= 4 is 33.8 Å². The van der Waals surface area contributed by atoms with E-state index in [2.05, 4.69) is 15.9 Å². The lowest BCUT2D eigenvalue weighted by Crippen LogP contribution is -2.45. The van der Waals surface area contributed by atoms with Crippen LogP contribution < -0.4 is 10.5 Å². The maximum Gasteiger partial charge on any atom is 0.250 e. The van der Waals surface area contributed by atoms with E-state index >= 15 is 0 Å². The highest BCUT2D eigenvalue weighted by molar-refractivity contribution is 9.10. The van der Waals surface area contributed by atoms with Gasteiger partial charge in [0.15, 0.2) is 11.6 Å². The topological polar surface area (TPSA) is 94.1 Å². The SMILES string of the molecule is NC(=O)[C@]1(C/C=C/c2ccccc2)N=C(c2ccc(OCCCO)cc2)O[C@@H]1c1ccc(Br)cc1. The molecule has 1 aliphatic rings. The first-order chi connectivity index (χ1) is 17.0. The highest BCUT2D eigenvalue weighted by Gasteiger charge is 2.51. The highest BCUT2D eigenvalue weighted by Crippen LogP contribution is 2.42. The number of benzene rings is 3. The van der Waals surface area contributed by atoms with E-state index in [4.69, 9.17) is 25.3 Å². The molecule has 1 aliphatic heterocycles. The molecule has 0 aromatic heterocycles. The van der Waals surface area contributed by atoms with Crippen molar-refractivity contribution in [3.8, 4) is 5.75 Å². The lowest BCUT2D eigenvalue weighted by molar-refractivity contribution is -0.125. The Morgan fingerprint density at radius 2 is 1.80 bits per heavy atom. The van der Waals surface area contributed by atoms with Gasteiger partial charge in [-0.25, -0.2) is 4.99 Å². The summed E-state index contributed by atoms with van der Waals surface area (Å²) in [5.74, 6) is 0.478. The molecule has 0 spiro atoms. The number of aliphatic hydroxyl groups excluding tert-OH is 1. The molecular weight excluding hydrogens is 508 g/mol. The van der Waals surface area contributed by atoms with Crippen molar-refractivity contribution in [2.24, 2.45) is 10.7 Å². The molecule has 6 nitrogen and oxygen atoms in total. The number of primary amides is 1. The lowest BCUT2D eigenvalue weighted by atomic mass is 9.84. The van der Waals surface area contributed by atoms with Crippen LogP contribution in [0.1, 0.15) is 35.6 Å². The molecule has 0 unspecified atom stereocenters. The third kappa shape index (κ3) is 5.81. The highest BCUT2D eigenvalue weighted by atomic mass is 79.9. The summed E-state index contributed by atoms with van der Waals surface area (Å²) in [5.41, 5.74) is 7.24. The van der Waals surface area contributed by atoms with Crippen molar-refractivity contribution < 1.29 is 19.4 Å². The zero-order valence-corrected chi connectivity index (χ0v) is 20.7. The standard InChI is InChI=1S/C28H27BrN2O4/c29-23-13-9-21(10-14-23)25-28(27(30)33,17-4-8-20-6-2-1-3-7-20)31-26(35-25)22-11-15-24(16-12-22)34-19-5-18-32/h1-4,6-16,25,32H,5,17-19H2,(H2,30,33)/b8-4+/t25-,28-/m1/s1. The molecule has 180 valence electrons. The van der Waals surface area contributed by atoms with Gasteiger partial charge in [0.2, 0.25) is 11.8 Å². The minimum atomic E-state index is -1.30. The van der Waals surface area contributed by atoms with Crippen LogP contribution in [-0.4, -0.2) is 35.7 Å². The van der Waals surface area contributed by atoms with Crippen molar-refractivity contribution in [2.45, 2.75) is 24.5 Å². The number of hydrogen-bond acceptors (Lipinski definition) is 5. The first kappa shape index (κ1) is 24.7. The molecular formula is C28H27BrN2O4. The molecule has 0 bridgehead atoms. The van der Waals surface area contributed by atoms with Gasteiger partial charge >= 0.3 is 0 Å². The summed E-state index contributed by atoms with van der Waals surface area (Å²) in [5, 5.41) is 8.93. The number of carbonyl (C=O) groups excluding carboxylic acids is 1. The van der Waals surface area contributed by atoms with E-state index in [1.807, 2.05) is 91.0 Å². The minimum Gasteiger partial charge on any atom is -0.494 e. The molecule has 0 fully saturated rings. The van der Waals surface area contributed by atoms with E-state index in [0.29, 0.717) is 24.7 Å². The van der Waals surface area contributed by atoms with E-state index in [1.165, 1.54) is 0 Å². The number of aliphatic hydroxyl groups is 1. The van der Waals surface area contributed by atoms with Gasteiger partial charge in [0.25, 0.3) is 0 Å². The van der Waals surface area contributed by atoms with Crippen LogP contribution in [0.25, 0.3) is 6.08 Å². The van der Waals surface area contributed by atoms with Crippen molar-refractivity contribution in [3.05, 3.63) is 106 Å². The summed E-state index contributed by atoms with van der Waals surface area (Å²) in [6.45, 7) is 0.506. The van der Waals surface area contributed by atoms with Crippen LogP contribution in [0, 0.1) is 0 Å². The Morgan fingerprint density at radius 3 is 2.46 bits per heavy atom. The van der Waals surface area contributed by atoms with Gasteiger partial charge in [0.05, 0.1) is 6.61 Å². The van der Waals surface area contributed by atoms with Crippen LogP contribution in [0.2, 0.25) is 0 Å². The van der Waals surface area contributed by atoms with Crippen LogP contribution in [-0.2, 0) is 9.53 Å². The Bertz CT molecular complexity index is 1190. The molecule has 0 aliphatic carbocycles. The van der Waals surface area contributed by atoms with E-state index in [9.17, 15) is 4.79 Å². The fourth-order valence-corrected chi connectivity index (χ4v) is 4.18. The molecule has 0 saturated carbocycles. The van der Waals surface area contributed by atoms with Gasteiger partial charge in [-0.05, 0) is 47.5 Å². The van der Waals surface area contributed by atoms with Crippen LogP contribution in [0.4, 0.5) is 0 Å². The van der Waals surface area contributed by atoms with Gasteiger partial charge in [0, 0.05) is 29.5 Å². The summed E-state index contributed by atoms with van der Waals surface area (Å²) in [4.78, 5) is 17.7. The molecule has 35 heavy (non-hydrogen) atoms. The zero-order chi connectivity index (χ0) is 24.7. The number of carbonyl (C=O) groups is 1. The fraction of sp³-hybridized carbons (Fsp3) is 0.214. The smallest absolute Gasteiger partial charge is 0.250 e. The summed E-state index contributed by atoms with van der Waals surface area (Å²) < 4.78 is 12.9. The van der Waals surface area contributed by atoms with Gasteiger partial charge in [-0.1, -0.05) is 70.5 Å². The molecule has 3 N–H and O–H groups in total. The number of amides is 1. The Balaban J connectivity index is 1.66.